The molecule has 0 saturated carbocycles. The third-order valence-corrected chi connectivity index (χ3v) is 3.54. The first-order chi connectivity index (χ1) is 6.72. The maximum absolute atomic E-state index is 9.06. The molecule has 0 aromatic rings. The van der Waals surface area contributed by atoms with Crippen LogP contribution in [0.1, 0.15) is 46.5 Å². The highest BCUT2D eigenvalue weighted by molar-refractivity contribution is 4.95. The van der Waals surface area contributed by atoms with Gasteiger partial charge in [0, 0.05) is 12.6 Å². The molecule has 1 saturated heterocycles. The summed E-state index contributed by atoms with van der Waals surface area (Å²) < 4.78 is 0. The average molecular weight is 194 g/mol. The molecule has 3 atom stereocenters. The van der Waals surface area contributed by atoms with E-state index in [9.17, 15) is 0 Å². The van der Waals surface area contributed by atoms with Gasteiger partial charge in [-0.15, -0.1) is 0 Å². The Balaban J connectivity index is 2.60. The Labute approximate surface area is 87.9 Å². The SMILES string of the molecule is CCC(C#N)N1C[C@@H](CC)CC[C@H]1C. The Morgan fingerprint density at radius 2 is 2.14 bits per heavy atom. The van der Waals surface area contributed by atoms with Crippen molar-refractivity contribution in [3.63, 3.8) is 0 Å². The summed E-state index contributed by atoms with van der Waals surface area (Å²) in [6, 6.07) is 3.16. The highest BCUT2D eigenvalue weighted by Crippen LogP contribution is 2.26. The van der Waals surface area contributed by atoms with Crippen molar-refractivity contribution < 1.29 is 0 Å². The molecule has 14 heavy (non-hydrogen) atoms. The van der Waals surface area contributed by atoms with Crippen LogP contribution in [0.25, 0.3) is 0 Å². The molecule has 0 N–H and O–H groups in total. The topological polar surface area (TPSA) is 27.0 Å². The van der Waals surface area contributed by atoms with Crippen molar-refractivity contribution in [3.8, 4) is 6.07 Å². The van der Waals surface area contributed by atoms with E-state index in [1.54, 1.807) is 0 Å². The minimum Gasteiger partial charge on any atom is -0.285 e. The van der Waals surface area contributed by atoms with Gasteiger partial charge in [-0.05, 0) is 32.1 Å². The van der Waals surface area contributed by atoms with Gasteiger partial charge in [-0.3, -0.25) is 4.90 Å². The summed E-state index contributed by atoms with van der Waals surface area (Å²) in [5.74, 6) is 0.814. The van der Waals surface area contributed by atoms with Crippen LogP contribution in [0.4, 0.5) is 0 Å². The van der Waals surface area contributed by atoms with E-state index in [2.05, 4.69) is 31.7 Å². The first kappa shape index (κ1) is 11.5. The predicted octanol–water partition coefficient (Wildman–Crippen LogP) is 2.80. The fourth-order valence-electron chi connectivity index (χ4n) is 2.38. The second-order valence-electron chi connectivity index (χ2n) is 4.45. The van der Waals surface area contributed by atoms with Gasteiger partial charge in [0.1, 0.15) is 0 Å². The molecule has 1 rings (SSSR count). The molecular formula is C12H22N2. The molecule has 1 aliphatic heterocycles. The number of nitriles is 1. The average Bonchev–Trinajstić information content (AvgIpc) is 2.22. The normalized spacial score (nSPS) is 31.0. The van der Waals surface area contributed by atoms with Crippen molar-refractivity contribution in [2.24, 2.45) is 5.92 Å². The lowest BCUT2D eigenvalue weighted by Crippen LogP contribution is -2.47. The molecule has 1 fully saturated rings. The lowest BCUT2D eigenvalue weighted by Gasteiger charge is -2.40. The van der Waals surface area contributed by atoms with Crippen LogP contribution in [0.3, 0.4) is 0 Å². The molecule has 0 bridgehead atoms. The van der Waals surface area contributed by atoms with E-state index in [0.29, 0.717) is 6.04 Å². The lowest BCUT2D eigenvalue weighted by atomic mass is 9.90. The molecule has 1 aliphatic rings. The Morgan fingerprint density at radius 1 is 1.43 bits per heavy atom. The van der Waals surface area contributed by atoms with E-state index in [-0.39, 0.29) is 6.04 Å². The molecule has 0 amide bonds. The molecule has 0 aromatic carbocycles. The standard InChI is InChI=1S/C12H22N2/c1-4-11-7-6-10(3)14(9-11)12(5-2)8-13/h10-12H,4-7,9H2,1-3H3/t10-,11+,12?/m1/s1. The van der Waals surface area contributed by atoms with Gasteiger partial charge in [-0.25, -0.2) is 0 Å². The van der Waals surface area contributed by atoms with E-state index in [1.165, 1.54) is 19.3 Å². The molecule has 1 unspecified atom stereocenters. The second-order valence-corrected chi connectivity index (χ2v) is 4.45. The summed E-state index contributed by atoms with van der Waals surface area (Å²) in [6.07, 6.45) is 4.81. The van der Waals surface area contributed by atoms with Crippen LogP contribution in [-0.2, 0) is 0 Å². The fraction of sp³-hybridized carbons (Fsp3) is 0.917. The second kappa shape index (κ2) is 5.36. The quantitative estimate of drug-likeness (QED) is 0.690. The lowest BCUT2D eigenvalue weighted by molar-refractivity contribution is 0.0901. The number of rotatable bonds is 3. The van der Waals surface area contributed by atoms with Gasteiger partial charge >= 0.3 is 0 Å². The van der Waals surface area contributed by atoms with Crippen LogP contribution in [-0.4, -0.2) is 23.5 Å². The number of likely N-dealkylation sites (tertiary alicyclic amines) is 1. The van der Waals surface area contributed by atoms with Crippen molar-refractivity contribution in [3.05, 3.63) is 0 Å². The zero-order valence-corrected chi connectivity index (χ0v) is 9.66. The largest absolute Gasteiger partial charge is 0.285 e. The molecule has 2 nitrogen and oxygen atoms in total. The molecule has 0 radical (unpaired) electrons. The van der Waals surface area contributed by atoms with E-state index in [4.69, 9.17) is 5.26 Å². The van der Waals surface area contributed by atoms with Crippen LogP contribution in [0, 0.1) is 17.2 Å². The van der Waals surface area contributed by atoms with Crippen LogP contribution in [0.15, 0.2) is 0 Å². The summed E-state index contributed by atoms with van der Waals surface area (Å²) in [4.78, 5) is 2.40. The molecule has 0 aromatic heterocycles. The van der Waals surface area contributed by atoms with Gasteiger partial charge in [0.15, 0.2) is 0 Å². The maximum Gasteiger partial charge on any atom is 0.0977 e. The minimum absolute atomic E-state index is 0.138. The Kier molecular flexibility index (Phi) is 4.41. The van der Waals surface area contributed by atoms with Crippen molar-refractivity contribution in [2.75, 3.05) is 6.54 Å². The van der Waals surface area contributed by atoms with Gasteiger partial charge < -0.3 is 0 Å². The summed E-state index contributed by atoms with van der Waals surface area (Å²) >= 11 is 0. The molecule has 1 heterocycles. The maximum atomic E-state index is 9.06. The van der Waals surface area contributed by atoms with Crippen molar-refractivity contribution >= 4 is 0 Å². The Morgan fingerprint density at radius 3 is 2.64 bits per heavy atom. The number of hydrogen-bond acceptors (Lipinski definition) is 2. The van der Waals surface area contributed by atoms with Crippen LogP contribution >= 0.6 is 0 Å². The minimum atomic E-state index is 0.138. The van der Waals surface area contributed by atoms with Crippen LogP contribution < -0.4 is 0 Å². The summed E-state index contributed by atoms with van der Waals surface area (Å²) in [7, 11) is 0. The van der Waals surface area contributed by atoms with Crippen molar-refractivity contribution in [2.45, 2.75) is 58.5 Å². The molecular weight excluding hydrogens is 172 g/mol. The van der Waals surface area contributed by atoms with Gasteiger partial charge in [0.2, 0.25) is 0 Å². The first-order valence-electron chi connectivity index (χ1n) is 5.88. The molecule has 0 aliphatic carbocycles. The smallest absolute Gasteiger partial charge is 0.0977 e. The third kappa shape index (κ3) is 2.48. The zero-order valence-electron chi connectivity index (χ0n) is 9.66. The molecule has 2 heteroatoms. The van der Waals surface area contributed by atoms with Crippen LogP contribution in [0.2, 0.25) is 0 Å². The van der Waals surface area contributed by atoms with Gasteiger partial charge in [0.25, 0.3) is 0 Å². The molecule has 80 valence electrons. The Bertz CT molecular complexity index is 207. The van der Waals surface area contributed by atoms with E-state index in [0.717, 1.165) is 18.9 Å². The van der Waals surface area contributed by atoms with Crippen molar-refractivity contribution in [1.82, 2.24) is 4.90 Å². The van der Waals surface area contributed by atoms with E-state index in [1.807, 2.05) is 0 Å². The summed E-state index contributed by atoms with van der Waals surface area (Å²) in [5, 5.41) is 9.06. The molecule has 0 spiro atoms. The van der Waals surface area contributed by atoms with Crippen LogP contribution in [0.5, 0.6) is 0 Å². The fourth-order valence-corrected chi connectivity index (χ4v) is 2.38. The highest BCUT2D eigenvalue weighted by atomic mass is 15.2. The summed E-state index contributed by atoms with van der Waals surface area (Å²) in [6.45, 7) is 7.75. The third-order valence-electron chi connectivity index (χ3n) is 3.54. The first-order valence-corrected chi connectivity index (χ1v) is 5.88. The van der Waals surface area contributed by atoms with E-state index >= 15 is 0 Å². The van der Waals surface area contributed by atoms with Gasteiger partial charge in [0.05, 0.1) is 12.1 Å². The predicted molar refractivity (Wildman–Crippen MR) is 58.9 cm³/mol. The van der Waals surface area contributed by atoms with Gasteiger partial charge in [-0.1, -0.05) is 20.3 Å². The highest BCUT2D eigenvalue weighted by Gasteiger charge is 2.28. The number of piperidine rings is 1. The zero-order chi connectivity index (χ0) is 10.6. The Hall–Kier alpha value is -0.550. The number of nitrogens with zero attached hydrogens (tertiary/aromatic N) is 2. The summed E-state index contributed by atoms with van der Waals surface area (Å²) in [5.41, 5.74) is 0. The number of hydrogen-bond donors (Lipinski definition) is 0. The van der Waals surface area contributed by atoms with Gasteiger partial charge in [-0.2, -0.15) is 5.26 Å². The van der Waals surface area contributed by atoms with Crippen molar-refractivity contribution in [1.29, 1.82) is 5.26 Å². The monoisotopic (exact) mass is 194 g/mol. The van der Waals surface area contributed by atoms with E-state index < -0.39 is 0 Å².